The van der Waals surface area contributed by atoms with Crippen LogP contribution in [0.1, 0.15) is 5.69 Å². The summed E-state index contributed by atoms with van der Waals surface area (Å²) in [6, 6.07) is 10.0. The lowest BCUT2D eigenvalue weighted by Gasteiger charge is -2.10. The summed E-state index contributed by atoms with van der Waals surface area (Å²) >= 11 is 0. The van der Waals surface area contributed by atoms with Gasteiger partial charge in [-0.1, -0.05) is 0 Å². The van der Waals surface area contributed by atoms with E-state index in [1.165, 1.54) is 30.3 Å². The molecule has 2 rings (SSSR count). The van der Waals surface area contributed by atoms with Crippen molar-refractivity contribution in [2.24, 2.45) is 0 Å². The molecule has 0 aliphatic heterocycles. The van der Waals surface area contributed by atoms with Crippen molar-refractivity contribution in [2.75, 3.05) is 11.1 Å². The van der Waals surface area contributed by atoms with E-state index in [4.69, 9.17) is 11.0 Å². The Morgan fingerprint density at radius 3 is 2.38 bits per heavy atom. The van der Waals surface area contributed by atoms with E-state index in [-0.39, 0.29) is 17.1 Å². The van der Waals surface area contributed by atoms with Crippen LogP contribution in [0.5, 0.6) is 5.75 Å². The maximum atomic E-state index is 12.0. The van der Waals surface area contributed by atoms with Crippen LogP contribution in [0.3, 0.4) is 0 Å². The molecule has 1 aromatic heterocycles. The van der Waals surface area contributed by atoms with Crippen LogP contribution >= 0.6 is 0 Å². The summed E-state index contributed by atoms with van der Waals surface area (Å²) in [5.74, 6) is 0.0290. The molecule has 0 fully saturated rings. The van der Waals surface area contributed by atoms with Crippen molar-refractivity contribution < 1.29 is 17.9 Å². The Morgan fingerprint density at radius 2 is 1.81 bits per heavy atom. The second-order valence-electron chi connectivity index (χ2n) is 3.94. The molecule has 0 amide bonds. The number of nitrogens with zero attached hydrogens (tertiary/aromatic N) is 2. The van der Waals surface area contributed by atoms with Gasteiger partial charge in [0.05, 0.1) is 5.69 Å². The third kappa shape index (κ3) is 4.01. The van der Waals surface area contributed by atoms with Crippen molar-refractivity contribution in [2.45, 2.75) is 6.36 Å². The molecule has 108 valence electrons. The first kappa shape index (κ1) is 14.5. The number of anilines is 3. The number of ether oxygens (including phenoxy) is 1. The van der Waals surface area contributed by atoms with Gasteiger partial charge in [-0.2, -0.15) is 5.26 Å². The molecule has 0 saturated carbocycles. The van der Waals surface area contributed by atoms with Gasteiger partial charge in [0.25, 0.3) is 0 Å². The zero-order valence-corrected chi connectivity index (χ0v) is 10.5. The van der Waals surface area contributed by atoms with Gasteiger partial charge in [-0.15, -0.1) is 13.2 Å². The lowest BCUT2D eigenvalue weighted by atomic mass is 10.3. The van der Waals surface area contributed by atoms with Crippen molar-refractivity contribution in [1.29, 1.82) is 5.26 Å². The summed E-state index contributed by atoms with van der Waals surface area (Å²) in [6.07, 6.45) is -4.73. The van der Waals surface area contributed by atoms with Crippen LogP contribution in [-0.2, 0) is 0 Å². The van der Waals surface area contributed by atoms with Gasteiger partial charge in [0.1, 0.15) is 17.6 Å². The molecule has 0 aliphatic carbocycles. The van der Waals surface area contributed by atoms with Crippen LogP contribution in [0.2, 0.25) is 0 Å². The highest BCUT2D eigenvalue weighted by atomic mass is 19.4. The lowest BCUT2D eigenvalue weighted by molar-refractivity contribution is -0.274. The second-order valence-corrected chi connectivity index (χ2v) is 3.94. The minimum absolute atomic E-state index is 0.0667. The van der Waals surface area contributed by atoms with E-state index in [0.717, 1.165) is 0 Å². The van der Waals surface area contributed by atoms with E-state index in [1.807, 2.05) is 6.07 Å². The van der Waals surface area contributed by atoms with Crippen molar-refractivity contribution >= 4 is 17.2 Å². The minimum atomic E-state index is -4.73. The molecule has 1 heterocycles. The Hall–Kier alpha value is -2.95. The fraction of sp³-hybridized carbons (Fsp3) is 0.0769. The zero-order chi connectivity index (χ0) is 15.5. The largest absolute Gasteiger partial charge is 0.573 e. The maximum absolute atomic E-state index is 12.0. The van der Waals surface area contributed by atoms with E-state index in [2.05, 4.69) is 15.0 Å². The number of aromatic nitrogens is 1. The quantitative estimate of drug-likeness (QED) is 0.908. The topological polar surface area (TPSA) is 84.0 Å². The predicted octanol–water partition coefficient (Wildman–Crippen LogP) is 3.18. The highest BCUT2D eigenvalue weighted by molar-refractivity contribution is 5.61. The Kier molecular flexibility index (Phi) is 3.84. The first-order valence-electron chi connectivity index (χ1n) is 5.67. The molecule has 5 nitrogen and oxygen atoms in total. The number of nitrogens with two attached hydrogens (primary N) is 1. The normalized spacial score (nSPS) is 10.8. The van der Waals surface area contributed by atoms with Gasteiger partial charge in [0.2, 0.25) is 0 Å². The number of benzene rings is 1. The maximum Gasteiger partial charge on any atom is 0.573 e. The summed E-state index contributed by atoms with van der Waals surface area (Å²) in [5.41, 5.74) is 6.34. The number of alkyl halides is 3. The van der Waals surface area contributed by atoms with E-state index in [1.54, 1.807) is 6.07 Å². The minimum Gasteiger partial charge on any atom is -0.406 e. The van der Waals surface area contributed by atoms with Gasteiger partial charge >= 0.3 is 6.36 Å². The molecule has 0 aliphatic rings. The Bertz CT molecular complexity index is 677. The van der Waals surface area contributed by atoms with Crippen LogP contribution in [0.25, 0.3) is 0 Å². The third-order valence-electron chi connectivity index (χ3n) is 2.39. The van der Waals surface area contributed by atoms with Crippen LogP contribution in [-0.4, -0.2) is 11.3 Å². The predicted molar refractivity (Wildman–Crippen MR) is 69.8 cm³/mol. The molecular formula is C13H9F3N4O. The van der Waals surface area contributed by atoms with Crippen molar-refractivity contribution in [3.05, 3.63) is 42.1 Å². The summed E-state index contributed by atoms with van der Waals surface area (Å²) in [4.78, 5) is 3.96. The molecule has 1 aromatic carbocycles. The van der Waals surface area contributed by atoms with Gasteiger partial charge in [-0.05, 0) is 36.4 Å². The molecule has 0 atom stereocenters. The molecule has 0 bridgehead atoms. The lowest BCUT2D eigenvalue weighted by Crippen LogP contribution is -2.16. The van der Waals surface area contributed by atoms with E-state index >= 15 is 0 Å². The van der Waals surface area contributed by atoms with Gasteiger partial charge in [0.15, 0.2) is 5.69 Å². The van der Waals surface area contributed by atoms with Crippen LogP contribution in [0, 0.1) is 11.3 Å². The number of nitriles is 1. The van der Waals surface area contributed by atoms with E-state index in [9.17, 15) is 13.2 Å². The molecule has 0 saturated heterocycles. The summed E-state index contributed by atoms with van der Waals surface area (Å²) < 4.78 is 39.8. The van der Waals surface area contributed by atoms with Gasteiger partial charge in [-0.3, -0.25) is 0 Å². The fourth-order valence-electron chi connectivity index (χ4n) is 1.52. The molecule has 0 radical (unpaired) electrons. The molecule has 3 N–H and O–H groups in total. The average molecular weight is 294 g/mol. The summed E-state index contributed by atoms with van der Waals surface area (Å²) in [5, 5.41) is 11.7. The molecular weight excluding hydrogens is 285 g/mol. The van der Waals surface area contributed by atoms with E-state index < -0.39 is 6.36 Å². The molecule has 0 unspecified atom stereocenters. The first-order chi connectivity index (χ1) is 9.87. The Labute approximate surface area is 117 Å². The van der Waals surface area contributed by atoms with Crippen molar-refractivity contribution in [1.82, 2.24) is 4.98 Å². The second kappa shape index (κ2) is 5.58. The molecule has 8 heteroatoms. The standard InChI is InChI=1S/C13H9F3N4O/c14-13(15,16)21-9-3-1-8(2-4-9)19-12-6-5-10(18)11(7-17)20-12/h1-6H,18H2,(H,19,20). The number of nitrogens with one attached hydrogen (secondary N) is 1. The molecule has 2 aromatic rings. The molecule has 0 spiro atoms. The van der Waals surface area contributed by atoms with Crippen molar-refractivity contribution in [3.63, 3.8) is 0 Å². The highest BCUT2D eigenvalue weighted by Crippen LogP contribution is 2.25. The highest BCUT2D eigenvalue weighted by Gasteiger charge is 2.30. The van der Waals surface area contributed by atoms with Crippen LogP contribution < -0.4 is 15.8 Å². The SMILES string of the molecule is N#Cc1nc(Nc2ccc(OC(F)(F)F)cc2)ccc1N. The molecule has 21 heavy (non-hydrogen) atoms. The number of hydrogen-bond acceptors (Lipinski definition) is 5. The third-order valence-corrected chi connectivity index (χ3v) is 2.39. The number of pyridine rings is 1. The first-order valence-corrected chi connectivity index (χ1v) is 5.67. The smallest absolute Gasteiger partial charge is 0.406 e. The van der Waals surface area contributed by atoms with Gasteiger partial charge in [-0.25, -0.2) is 4.98 Å². The zero-order valence-electron chi connectivity index (χ0n) is 10.5. The number of nitrogen functional groups attached to an aromatic ring is 1. The van der Waals surface area contributed by atoms with Gasteiger partial charge in [0, 0.05) is 5.69 Å². The summed E-state index contributed by atoms with van der Waals surface area (Å²) in [6.45, 7) is 0. The van der Waals surface area contributed by atoms with Crippen molar-refractivity contribution in [3.8, 4) is 11.8 Å². The Balaban J connectivity index is 2.12. The Morgan fingerprint density at radius 1 is 1.14 bits per heavy atom. The van der Waals surface area contributed by atoms with E-state index in [0.29, 0.717) is 11.5 Å². The summed E-state index contributed by atoms with van der Waals surface area (Å²) in [7, 11) is 0. The monoisotopic (exact) mass is 294 g/mol. The van der Waals surface area contributed by atoms with Crippen LogP contribution in [0.4, 0.5) is 30.4 Å². The fourth-order valence-corrected chi connectivity index (χ4v) is 1.52. The number of hydrogen-bond donors (Lipinski definition) is 2. The number of halogens is 3. The number of rotatable bonds is 3. The average Bonchev–Trinajstić information content (AvgIpc) is 2.41. The van der Waals surface area contributed by atoms with Gasteiger partial charge < -0.3 is 15.8 Å². The van der Waals surface area contributed by atoms with Crippen LogP contribution in [0.15, 0.2) is 36.4 Å².